The maximum Gasteiger partial charge on any atom is 0.407 e. The number of rotatable bonds is 4. The molecule has 0 aliphatic carbocycles. The second-order valence-electron chi connectivity index (χ2n) is 5.13. The first-order valence-electron chi connectivity index (χ1n) is 6.18. The van der Waals surface area contributed by atoms with Crippen LogP contribution in [0.25, 0.3) is 0 Å². The minimum atomic E-state index is -0.555. The van der Waals surface area contributed by atoms with Crippen molar-refractivity contribution in [2.24, 2.45) is 5.16 Å². The number of hydrogen-bond acceptors (Lipinski definition) is 5. The van der Waals surface area contributed by atoms with E-state index in [4.69, 9.17) is 9.94 Å². The molecule has 0 bridgehead atoms. The molecule has 1 amide bonds. The molecular weight excluding hydrogens is 276 g/mol. The van der Waals surface area contributed by atoms with Crippen LogP contribution in [-0.4, -0.2) is 35.4 Å². The Morgan fingerprint density at radius 1 is 1.35 bits per heavy atom. The summed E-state index contributed by atoms with van der Waals surface area (Å²) in [4.78, 5) is 12.7. The van der Waals surface area contributed by atoms with E-state index in [0.717, 1.165) is 10.5 Å². The number of amides is 1. The van der Waals surface area contributed by atoms with E-state index >= 15 is 0 Å². The Labute approximate surface area is 123 Å². The highest BCUT2D eigenvalue weighted by Crippen LogP contribution is 2.15. The monoisotopic (exact) mass is 296 g/mol. The van der Waals surface area contributed by atoms with E-state index in [2.05, 4.69) is 10.5 Å². The zero-order chi connectivity index (χ0) is 15.2. The average Bonchev–Trinajstić information content (AvgIpc) is 2.38. The van der Waals surface area contributed by atoms with Gasteiger partial charge in [0.25, 0.3) is 0 Å². The number of alkyl carbamates (subject to hydrolysis) is 1. The van der Waals surface area contributed by atoms with Gasteiger partial charge in [0.2, 0.25) is 0 Å². The molecule has 0 unspecified atom stereocenters. The quantitative estimate of drug-likeness (QED) is 0.387. The van der Waals surface area contributed by atoms with Gasteiger partial charge in [-0.25, -0.2) is 4.79 Å². The number of nitrogens with one attached hydrogen (secondary N) is 1. The topological polar surface area (TPSA) is 70.9 Å². The Hall–Kier alpha value is -1.69. The number of ether oxygens (including phenoxy) is 1. The van der Waals surface area contributed by atoms with E-state index in [1.54, 1.807) is 32.5 Å². The van der Waals surface area contributed by atoms with Crippen molar-refractivity contribution in [3.05, 3.63) is 29.8 Å². The first-order valence-corrected chi connectivity index (χ1v) is 7.40. The van der Waals surface area contributed by atoms with Crippen LogP contribution in [0.5, 0.6) is 0 Å². The van der Waals surface area contributed by atoms with Gasteiger partial charge < -0.3 is 15.3 Å². The van der Waals surface area contributed by atoms with Crippen LogP contribution in [0.3, 0.4) is 0 Å². The molecule has 0 aliphatic rings. The van der Waals surface area contributed by atoms with Crippen LogP contribution < -0.4 is 5.32 Å². The molecule has 1 aromatic carbocycles. The zero-order valence-corrected chi connectivity index (χ0v) is 13.0. The minimum absolute atomic E-state index is 0.101. The molecule has 0 aromatic heterocycles. The number of carbonyl (C=O) groups is 1. The van der Waals surface area contributed by atoms with E-state index in [1.165, 1.54) is 0 Å². The predicted octanol–water partition coefficient (Wildman–Crippen LogP) is 3.11. The summed E-state index contributed by atoms with van der Waals surface area (Å²) in [5.41, 5.74) is 0.575. The van der Waals surface area contributed by atoms with Crippen molar-refractivity contribution >= 4 is 23.6 Å². The summed E-state index contributed by atoms with van der Waals surface area (Å²) in [6, 6.07) is 7.55. The van der Waals surface area contributed by atoms with Gasteiger partial charge in [0.15, 0.2) is 0 Å². The van der Waals surface area contributed by atoms with E-state index in [0.29, 0.717) is 5.71 Å². The van der Waals surface area contributed by atoms with E-state index < -0.39 is 11.7 Å². The molecule has 20 heavy (non-hydrogen) atoms. The third-order valence-electron chi connectivity index (χ3n) is 2.34. The lowest BCUT2D eigenvalue weighted by Gasteiger charge is -2.19. The van der Waals surface area contributed by atoms with Crippen molar-refractivity contribution in [3.63, 3.8) is 0 Å². The number of hydrogen-bond donors (Lipinski definition) is 2. The molecular formula is C14H20N2O3S. The summed E-state index contributed by atoms with van der Waals surface area (Å²) in [6.45, 7) is 5.46. The molecule has 0 fully saturated rings. The van der Waals surface area contributed by atoms with Crippen molar-refractivity contribution < 1.29 is 14.7 Å². The SMILES string of the molecule is CSc1ccc(/C(CNC(=O)OC(C)(C)C)=N\O)cc1. The van der Waals surface area contributed by atoms with Crippen LogP contribution in [0, 0.1) is 0 Å². The van der Waals surface area contributed by atoms with Gasteiger partial charge in [0.1, 0.15) is 11.3 Å². The van der Waals surface area contributed by atoms with Crippen LogP contribution in [0.4, 0.5) is 4.79 Å². The minimum Gasteiger partial charge on any atom is -0.444 e. The molecule has 0 aliphatic heterocycles. The molecule has 0 spiro atoms. The lowest BCUT2D eigenvalue weighted by Crippen LogP contribution is -2.35. The van der Waals surface area contributed by atoms with Gasteiger partial charge in [-0.15, -0.1) is 11.8 Å². The maximum atomic E-state index is 11.5. The van der Waals surface area contributed by atoms with E-state index in [-0.39, 0.29) is 6.54 Å². The van der Waals surface area contributed by atoms with Gasteiger partial charge in [0, 0.05) is 10.5 Å². The Bertz CT molecular complexity index is 478. The molecule has 0 atom stereocenters. The third kappa shape index (κ3) is 5.52. The van der Waals surface area contributed by atoms with Gasteiger partial charge in [0.05, 0.1) is 6.54 Å². The predicted molar refractivity (Wildman–Crippen MR) is 80.8 cm³/mol. The standard InChI is InChI=1S/C14H20N2O3S/c1-14(2,3)19-13(17)15-9-12(16-18)10-5-7-11(20-4)8-6-10/h5-8,18H,9H2,1-4H3,(H,15,17)/b16-12-. The van der Waals surface area contributed by atoms with Crippen molar-refractivity contribution in [1.82, 2.24) is 5.32 Å². The fourth-order valence-electron chi connectivity index (χ4n) is 1.45. The van der Waals surface area contributed by atoms with Crippen LogP contribution >= 0.6 is 11.8 Å². The highest BCUT2D eigenvalue weighted by atomic mass is 32.2. The third-order valence-corrected chi connectivity index (χ3v) is 3.09. The van der Waals surface area contributed by atoms with Crippen LogP contribution in [0.15, 0.2) is 34.3 Å². The second-order valence-corrected chi connectivity index (χ2v) is 6.01. The summed E-state index contributed by atoms with van der Waals surface area (Å²) >= 11 is 1.63. The first-order chi connectivity index (χ1) is 9.35. The largest absolute Gasteiger partial charge is 0.444 e. The normalized spacial score (nSPS) is 12.1. The molecule has 110 valence electrons. The Balaban J connectivity index is 2.62. The fraction of sp³-hybridized carbons (Fsp3) is 0.429. The molecule has 0 saturated heterocycles. The summed E-state index contributed by atoms with van der Waals surface area (Å²) in [7, 11) is 0. The molecule has 0 heterocycles. The van der Waals surface area contributed by atoms with Gasteiger partial charge in [-0.1, -0.05) is 17.3 Å². The highest BCUT2D eigenvalue weighted by Gasteiger charge is 2.16. The van der Waals surface area contributed by atoms with E-state index in [9.17, 15) is 4.79 Å². The summed E-state index contributed by atoms with van der Waals surface area (Å²) < 4.78 is 5.11. The molecule has 2 N–H and O–H groups in total. The van der Waals surface area contributed by atoms with Crippen molar-refractivity contribution in [1.29, 1.82) is 0 Å². The van der Waals surface area contributed by atoms with Crippen LogP contribution in [0.2, 0.25) is 0 Å². The molecule has 5 nitrogen and oxygen atoms in total. The lowest BCUT2D eigenvalue weighted by atomic mass is 10.1. The summed E-state index contributed by atoms with van der Waals surface area (Å²) in [5, 5.41) is 14.8. The molecule has 6 heteroatoms. The van der Waals surface area contributed by atoms with Crippen LogP contribution in [-0.2, 0) is 4.74 Å². The van der Waals surface area contributed by atoms with Crippen molar-refractivity contribution in [2.45, 2.75) is 31.3 Å². The second kappa shape index (κ2) is 7.19. The maximum absolute atomic E-state index is 11.5. The Morgan fingerprint density at radius 2 is 1.95 bits per heavy atom. The van der Waals surface area contributed by atoms with Gasteiger partial charge >= 0.3 is 6.09 Å². The van der Waals surface area contributed by atoms with Gasteiger partial charge in [-0.05, 0) is 39.2 Å². The van der Waals surface area contributed by atoms with Crippen molar-refractivity contribution in [2.75, 3.05) is 12.8 Å². The first kappa shape index (κ1) is 16.4. The van der Waals surface area contributed by atoms with Crippen LogP contribution in [0.1, 0.15) is 26.3 Å². The van der Waals surface area contributed by atoms with Crippen molar-refractivity contribution in [3.8, 4) is 0 Å². The Kier molecular flexibility index (Phi) is 5.88. The number of benzene rings is 1. The number of carbonyl (C=O) groups excluding carboxylic acids is 1. The highest BCUT2D eigenvalue weighted by molar-refractivity contribution is 7.98. The average molecular weight is 296 g/mol. The van der Waals surface area contributed by atoms with E-state index in [1.807, 2.05) is 30.5 Å². The zero-order valence-electron chi connectivity index (χ0n) is 12.1. The smallest absolute Gasteiger partial charge is 0.407 e. The van der Waals surface area contributed by atoms with Gasteiger partial charge in [-0.2, -0.15) is 0 Å². The number of nitrogens with zero attached hydrogens (tertiary/aromatic N) is 1. The summed E-state index contributed by atoms with van der Waals surface area (Å²) in [6.07, 6.45) is 1.44. The fourth-order valence-corrected chi connectivity index (χ4v) is 1.86. The number of thioether (sulfide) groups is 1. The Morgan fingerprint density at radius 3 is 2.40 bits per heavy atom. The van der Waals surface area contributed by atoms with Gasteiger partial charge in [-0.3, -0.25) is 0 Å². The summed E-state index contributed by atoms with van der Waals surface area (Å²) in [5.74, 6) is 0. The lowest BCUT2D eigenvalue weighted by molar-refractivity contribution is 0.0536. The molecule has 1 rings (SSSR count). The number of oxime groups is 1. The molecule has 0 radical (unpaired) electrons. The molecule has 1 aromatic rings. The molecule has 0 saturated carbocycles.